The summed E-state index contributed by atoms with van der Waals surface area (Å²) in [7, 11) is 1.40. The van der Waals surface area contributed by atoms with Crippen LogP contribution in [-0.4, -0.2) is 23.2 Å². The number of methoxy groups -OCH3 is 1. The summed E-state index contributed by atoms with van der Waals surface area (Å²) in [5, 5.41) is 8.62. The number of carbonyl (C=O) groups is 1. The summed E-state index contributed by atoms with van der Waals surface area (Å²) in [6.07, 6.45) is 4.11. The van der Waals surface area contributed by atoms with Crippen molar-refractivity contribution >= 4 is 77.9 Å². The van der Waals surface area contributed by atoms with E-state index in [1.54, 1.807) is 11.3 Å². The minimum Gasteiger partial charge on any atom is -0.465 e. The molecule has 0 unspecified atom stereocenters. The van der Waals surface area contributed by atoms with Gasteiger partial charge in [0, 0.05) is 4.88 Å². The molecular formula is C18H16ClN3O2S3. The summed E-state index contributed by atoms with van der Waals surface area (Å²) in [6.45, 7) is 0. The molecular weight excluding hydrogens is 422 g/mol. The van der Waals surface area contributed by atoms with Crippen LogP contribution in [0.15, 0.2) is 18.2 Å². The van der Waals surface area contributed by atoms with Crippen LogP contribution in [0, 0.1) is 0 Å². The number of fused-ring (bicyclic) bond motifs is 2. The topological polar surface area (TPSA) is 63.2 Å². The predicted octanol–water partition coefficient (Wildman–Crippen LogP) is 5.49. The maximum Gasteiger partial charge on any atom is 0.341 e. The smallest absolute Gasteiger partial charge is 0.341 e. The number of nitrogens with zero attached hydrogens (tertiary/aromatic N) is 1. The lowest BCUT2D eigenvalue weighted by atomic mass is 9.95. The number of hydrogen-bond acceptors (Lipinski definition) is 6. The fourth-order valence-corrected chi connectivity index (χ4v) is 5.95. The van der Waals surface area contributed by atoms with Crippen LogP contribution in [-0.2, 0) is 17.6 Å². The average Bonchev–Trinajstić information content (AvgIpc) is 3.22. The van der Waals surface area contributed by atoms with Crippen molar-refractivity contribution in [2.75, 3.05) is 17.7 Å². The van der Waals surface area contributed by atoms with E-state index >= 15 is 0 Å². The summed E-state index contributed by atoms with van der Waals surface area (Å²) >= 11 is 14.7. The molecule has 1 aromatic carbocycles. The standard InChI is InChI=1S/C18H16ClN3O2S3/c1-24-16(23)13-9-5-2-3-7-11(9)26-15(13)21-17(25)22-18-20-14-10(19)6-4-8-12(14)27-18/h4,6,8H,2-3,5,7H2,1H3,(H2,20,21,22,25). The third-order valence-corrected chi connectivity index (χ3v) is 7.03. The zero-order chi connectivity index (χ0) is 19.0. The Labute approximate surface area is 174 Å². The number of ether oxygens (including phenoxy) is 1. The largest absolute Gasteiger partial charge is 0.465 e. The molecule has 0 atom stereocenters. The van der Waals surface area contributed by atoms with Crippen molar-refractivity contribution in [3.63, 3.8) is 0 Å². The highest BCUT2D eigenvalue weighted by molar-refractivity contribution is 7.80. The zero-order valence-electron chi connectivity index (χ0n) is 14.4. The molecule has 27 heavy (non-hydrogen) atoms. The summed E-state index contributed by atoms with van der Waals surface area (Å²) in [5.41, 5.74) is 2.44. The van der Waals surface area contributed by atoms with E-state index in [4.69, 9.17) is 28.6 Å². The molecule has 140 valence electrons. The molecule has 0 aliphatic heterocycles. The number of aromatic nitrogens is 1. The average molecular weight is 438 g/mol. The molecule has 2 N–H and O–H groups in total. The Bertz CT molecular complexity index is 1040. The number of para-hydroxylation sites is 1. The van der Waals surface area contributed by atoms with Gasteiger partial charge in [-0.2, -0.15) is 0 Å². The van der Waals surface area contributed by atoms with Gasteiger partial charge in [-0.15, -0.1) is 11.3 Å². The van der Waals surface area contributed by atoms with Crippen LogP contribution in [0.25, 0.3) is 10.2 Å². The Morgan fingerprint density at radius 3 is 2.85 bits per heavy atom. The molecule has 5 nitrogen and oxygen atoms in total. The van der Waals surface area contributed by atoms with Crippen LogP contribution in [0.2, 0.25) is 5.02 Å². The van der Waals surface area contributed by atoms with Gasteiger partial charge >= 0.3 is 5.97 Å². The molecule has 1 aliphatic rings. The van der Waals surface area contributed by atoms with E-state index in [0.717, 1.165) is 46.5 Å². The second-order valence-corrected chi connectivity index (χ2v) is 9.04. The molecule has 4 rings (SSSR count). The third-order valence-electron chi connectivity index (χ3n) is 4.38. The predicted molar refractivity (Wildman–Crippen MR) is 117 cm³/mol. The summed E-state index contributed by atoms with van der Waals surface area (Å²) < 4.78 is 5.97. The maximum absolute atomic E-state index is 12.3. The molecule has 3 aromatic rings. The van der Waals surface area contributed by atoms with Crippen molar-refractivity contribution in [3.05, 3.63) is 39.2 Å². The highest BCUT2D eigenvalue weighted by Gasteiger charge is 2.26. The Balaban J connectivity index is 1.58. The normalized spacial score (nSPS) is 13.3. The number of esters is 1. The van der Waals surface area contributed by atoms with Crippen LogP contribution in [0.4, 0.5) is 10.1 Å². The Kier molecular flexibility index (Phi) is 5.32. The minimum absolute atomic E-state index is 0.327. The van der Waals surface area contributed by atoms with Gasteiger partial charge in [0.05, 0.1) is 22.4 Å². The van der Waals surface area contributed by atoms with Crippen LogP contribution < -0.4 is 10.6 Å². The van der Waals surface area contributed by atoms with Crippen LogP contribution in [0.1, 0.15) is 33.6 Å². The van der Waals surface area contributed by atoms with E-state index in [1.807, 2.05) is 18.2 Å². The molecule has 0 saturated carbocycles. The van der Waals surface area contributed by atoms with E-state index in [0.29, 0.717) is 20.8 Å². The van der Waals surface area contributed by atoms with Crippen LogP contribution in [0.3, 0.4) is 0 Å². The molecule has 0 spiro atoms. The number of benzene rings is 1. The van der Waals surface area contributed by atoms with Crippen molar-refractivity contribution in [1.29, 1.82) is 0 Å². The quantitative estimate of drug-likeness (QED) is 0.417. The van der Waals surface area contributed by atoms with Crippen LogP contribution in [0.5, 0.6) is 0 Å². The van der Waals surface area contributed by atoms with Gasteiger partial charge < -0.3 is 15.4 Å². The molecule has 0 radical (unpaired) electrons. The van der Waals surface area contributed by atoms with Gasteiger partial charge in [0.25, 0.3) is 0 Å². The van der Waals surface area contributed by atoms with Gasteiger partial charge in [-0.1, -0.05) is 29.0 Å². The zero-order valence-corrected chi connectivity index (χ0v) is 17.6. The van der Waals surface area contributed by atoms with E-state index in [-0.39, 0.29) is 5.97 Å². The number of carbonyl (C=O) groups excluding carboxylic acids is 1. The molecule has 0 bridgehead atoms. The van der Waals surface area contributed by atoms with Gasteiger partial charge in [0.2, 0.25) is 0 Å². The van der Waals surface area contributed by atoms with Crippen molar-refractivity contribution in [1.82, 2.24) is 4.98 Å². The summed E-state index contributed by atoms with van der Waals surface area (Å²) in [4.78, 5) is 18.0. The van der Waals surface area contributed by atoms with Gasteiger partial charge in [-0.05, 0) is 55.6 Å². The van der Waals surface area contributed by atoms with Gasteiger partial charge in [0.15, 0.2) is 10.2 Å². The number of aryl methyl sites for hydroxylation is 1. The molecule has 2 aromatic heterocycles. The molecule has 0 fully saturated rings. The lowest BCUT2D eigenvalue weighted by molar-refractivity contribution is 0.0601. The summed E-state index contributed by atoms with van der Waals surface area (Å²) in [5.74, 6) is -0.327. The number of thiocarbonyl (C=S) groups is 1. The molecule has 2 heterocycles. The second-order valence-electron chi connectivity index (χ2n) is 6.09. The highest BCUT2D eigenvalue weighted by atomic mass is 35.5. The molecule has 0 saturated heterocycles. The fourth-order valence-electron chi connectivity index (χ4n) is 3.17. The molecule has 9 heteroatoms. The van der Waals surface area contributed by atoms with Crippen LogP contribution >= 0.6 is 46.5 Å². The highest BCUT2D eigenvalue weighted by Crippen LogP contribution is 2.39. The Morgan fingerprint density at radius 1 is 1.26 bits per heavy atom. The number of anilines is 2. The van der Waals surface area contributed by atoms with Crippen molar-refractivity contribution in [3.8, 4) is 0 Å². The number of hydrogen-bond donors (Lipinski definition) is 2. The number of nitrogens with one attached hydrogen (secondary N) is 2. The van der Waals surface area contributed by atoms with Crippen molar-refractivity contribution < 1.29 is 9.53 Å². The van der Waals surface area contributed by atoms with E-state index in [1.165, 1.54) is 23.3 Å². The van der Waals surface area contributed by atoms with E-state index < -0.39 is 0 Å². The first-order valence-corrected chi connectivity index (χ1v) is 10.8. The SMILES string of the molecule is COC(=O)c1c(NC(=S)Nc2nc3c(Cl)cccc3s2)sc2c1CCCC2. The number of rotatable bonds is 3. The third kappa shape index (κ3) is 3.67. The summed E-state index contributed by atoms with van der Waals surface area (Å²) in [6, 6.07) is 5.66. The van der Waals surface area contributed by atoms with Gasteiger partial charge in [-0.3, -0.25) is 0 Å². The molecule has 0 amide bonds. The van der Waals surface area contributed by atoms with E-state index in [9.17, 15) is 4.79 Å². The Morgan fingerprint density at radius 2 is 2.07 bits per heavy atom. The minimum atomic E-state index is -0.327. The first-order chi connectivity index (χ1) is 13.1. The number of thiazole rings is 1. The second kappa shape index (κ2) is 7.71. The lowest BCUT2D eigenvalue weighted by Crippen LogP contribution is -2.20. The van der Waals surface area contributed by atoms with Crippen molar-refractivity contribution in [2.24, 2.45) is 0 Å². The van der Waals surface area contributed by atoms with Gasteiger partial charge in [0.1, 0.15) is 10.5 Å². The fraction of sp³-hybridized carbons (Fsp3) is 0.278. The Hall–Kier alpha value is -1.74. The lowest BCUT2D eigenvalue weighted by Gasteiger charge is -2.12. The first-order valence-electron chi connectivity index (χ1n) is 8.42. The van der Waals surface area contributed by atoms with Gasteiger partial charge in [-0.25, -0.2) is 9.78 Å². The van der Waals surface area contributed by atoms with E-state index in [2.05, 4.69) is 15.6 Å². The first kappa shape index (κ1) is 18.6. The number of halogens is 1. The number of thiophene rings is 1. The molecule has 1 aliphatic carbocycles. The van der Waals surface area contributed by atoms with Crippen molar-refractivity contribution in [2.45, 2.75) is 25.7 Å². The monoisotopic (exact) mass is 437 g/mol. The maximum atomic E-state index is 12.3.